The highest BCUT2D eigenvalue weighted by Crippen LogP contribution is 2.34. The Hall–Kier alpha value is -2.92. The lowest BCUT2D eigenvalue weighted by Crippen LogP contribution is -2.19. The Balaban J connectivity index is 1.23. The average molecular weight is 498 g/mol. The molecule has 5 nitrogen and oxygen atoms in total. The number of nitrogens with zero attached hydrogens (tertiary/aromatic N) is 3. The van der Waals surface area contributed by atoms with Crippen LogP contribution in [0.4, 0.5) is 0 Å². The van der Waals surface area contributed by atoms with Crippen LogP contribution in [-0.4, -0.2) is 35.2 Å². The van der Waals surface area contributed by atoms with Crippen molar-refractivity contribution < 1.29 is 9.47 Å². The molecule has 194 valence electrons. The van der Waals surface area contributed by atoms with Gasteiger partial charge in [-0.15, -0.1) is 0 Å². The fourth-order valence-corrected chi connectivity index (χ4v) is 6.30. The summed E-state index contributed by atoms with van der Waals surface area (Å²) in [7, 11) is 0. The predicted molar refractivity (Wildman–Crippen MR) is 150 cm³/mol. The molecular formula is C32H39N3O2. The number of ether oxygens (including phenoxy) is 2. The first kappa shape index (κ1) is 24.4. The zero-order chi connectivity index (χ0) is 25.0. The van der Waals surface area contributed by atoms with Crippen LogP contribution in [0, 0.1) is 5.92 Å². The van der Waals surface area contributed by atoms with Crippen molar-refractivity contribution in [2.45, 2.75) is 76.9 Å². The number of fused-ring (bicyclic) bond motifs is 1. The minimum atomic E-state index is -0.0276. The lowest BCUT2D eigenvalue weighted by molar-refractivity contribution is 0.0637. The lowest BCUT2D eigenvalue weighted by Gasteiger charge is -2.26. The Morgan fingerprint density at radius 2 is 1.78 bits per heavy atom. The zero-order valence-electron chi connectivity index (χ0n) is 22.1. The van der Waals surface area contributed by atoms with Gasteiger partial charge in [-0.2, -0.15) is 0 Å². The second kappa shape index (κ2) is 11.2. The largest absolute Gasteiger partial charge is 0.467 e. The molecule has 3 aliphatic rings. The third-order valence-electron chi connectivity index (χ3n) is 8.39. The van der Waals surface area contributed by atoms with Crippen molar-refractivity contribution in [3.05, 3.63) is 71.1 Å². The van der Waals surface area contributed by atoms with Gasteiger partial charge in [0.05, 0.1) is 17.6 Å². The SMILES string of the molecule is C/C=C/c1ccc(C2CN=C(c3ccc4c(c3)nc(CCC3CCOCC3)n4C3CCCCC3)O2)cc1. The van der Waals surface area contributed by atoms with E-state index in [1.165, 1.54) is 73.8 Å². The molecule has 0 bridgehead atoms. The zero-order valence-corrected chi connectivity index (χ0v) is 22.1. The summed E-state index contributed by atoms with van der Waals surface area (Å²) in [5, 5.41) is 0. The van der Waals surface area contributed by atoms with E-state index in [-0.39, 0.29) is 6.10 Å². The third kappa shape index (κ3) is 5.38. The maximum Gasteiger partial charge on any atom is 0.216 e. The minimum absolute atomic E-state index is 0.0276. The molecule has 0 N–H and O–H groups in total. The van der Waals surface area contributed by atoms with Crippen molar-refractivity contribution in [3.8, 4) is 0 Å². The molecule has 1 saturated heterocycles. The number of allylic oxidation sites excluding steroid dienone is 1. The summed E-state index contributed by atoms with van der Waals surface area (Å²) in [5.41, 5.74) is 5.76. The van der Waals surface area contributed by atoms with Crippen LogP contribution in [0.3, 0.4) is 0 Å². The molecule has 1 unspecified atom stereocenters. The fourth-order valence-electron chi connectivity index (χ4n) is 6.30. The van der Waals surface area contributed by atoms with Gasteiger partial charge in [0, 0.05) is 31.2 Å². The van der Waals surface area contributed by atoms with Crippen LogP contribution in [0.25, 0.3) is 17.1 Å². The molecule has 37 heavy (non-hydrogen) atoms. The molecule has 0 spiro atoms. The van der Waals surface area contributed by atoms with Crippen LogP contribution in [0.2, 0.25) is 0 Å². The molecule has 3 aromatic rings. The normalized spacial score (nSPS) is 21.5. The van der Waals surface area contributed by atoms with E-state index in [0.29, 0.717) is 12.6 Å². The Kier molecular flexibility index (Phi) is 7.41. The maximum atomic E-state index is 6.35. The summed E-state index contributed by atoms with van der Waals surface area (Å²) in [6.45, 7) is 4.52. The molecule has 0 amide bonds. The van der Waals surface area contributed by atoms with E-state index in [1.807, 2.05) is 6.92 Å². The van der Waals surface area contributed by atoms with E-state index in [4.69, 9.17) is 19.5 Å². The van der Waals surface area contributed by atoms with Crippen LogP contribution in [0.5, 0.6) is 0 Å². The van der Waals surface area contributed by atoms with Gasteiger partial charge in [-0.05, 0) is 74.3 Å². The molecule has 2 aromatic carbocycles. The molecule has 5 heteroatoms. The van der Waals surface area contributed by atoms with Gasteiger partial charge >= 0.3 is 0 Å². The van der Waals surface area contributed by atoms with Crippen LogP contribution < -0.4 is 0 Å². The fraction of sp³-hybridized carbons (Fsp3) is 0.500. The third-order valence-corrected chi connectivity index (χ3v) is 8.39. The standard InChI is InChI=1S/C32H39N3O2/c1-2-6-23-9-12-25(13-10-23)30-22-33-32(37-30)26-14-15-29-28(21-26)34-31(16-11-24-17-19-36-20-18-24)35(29)27-7-4-3-5-8-27/h2,6,9-10,12-15,21,24,27,30H,3-5,7-8,11,16-20,22H2,1H3/b6-2+. The minimum Gasteiger partial charge on any atom is -0.467 e. The van der Waals surface area contributed by atoms with Crippen molar-refractivity contribution in [1.82, 2.24) is 9.55 Å². The van der Waals surface area contributed by atoms with Crippen molar-refractivity contribution in [2.24, 2.45) is 10.9 Å². The number of hydrogen-bond donors (Lipinski definition) is 0. The van der Waals surface area contributed by atoms with Crippen LogP contribution in [0.1, 0.15) is 93.0 Å². The molecule has 3 heterocycles. The first-order valence-electron chi connectivity index (χ1n) is 14.3. The van der Waals surface area contributed by atoms with Gasteiger partial charge in [-0.3, -0.25) is 0 Å². The summed E-state index contributed by atoms with van der Waals surface area (Å²) >= 11 is 0. The van der Waals surface area contributed by atoms with Gasteiger partial charge in [0.25, 0.3) is 0 Å². The molecule has 2 aliphatic heterocycles. The molecule has 2 fully saturated rings. The van der Waals surface area contributed by atoms with E-state index < -0.39 is 0 Å². The molecule has 6 rings (SSSR count). The quantitative estimate of drug-likeness (QED) is 0.340. The van der Waals surface area contributed by atoms with Crippen molar-refractivity contribution in [2.75, 3.05) is 19.8 Å². The summed E-state index contributed by atoms with van der Waals surface area (Å²) in [4.78, 5) is 10.0. The van der Waals surface area contributed by atoms with Gasteiger partial charge in [0.15, 0.2) is 0 Å². The van der Waals surface area contributed by atoms with E-state index in [1.54, 1.807) is 0 Å². The van der Waals surface area contributed by atoms with E-state index in [9.17, 15) is 0 Å². The van der Waals surface area contributed by atoms with Crippen LogP contribution in [-0.2, 0) is 15.9 Å². The molecule has 1 saturated carbocycles. The molecule has 0 radical (unpaired) electrons. The highest BCUT2D eigenvalue weighted by molar-refractivity contribution is 5.98. The summed E-state index contributed by atoms with van der Waals surface area (Å²) < 4.78 is 14.5. The van der Waals surface area contributed by atoms with E-state index >= 15 is 0 Å². The second-order valence-electron chi connectivity index (χ2n) is 10.9. The Bertz CT molecular complexity index is 1260. The highest BCUT2D eigenvalue weighted by atomic mass is 16.5. The Morgan fingerprint density at radius 1 is 0.973 bits per heavy atom. The highest BCUT2D eigenvalue weighted by Gasteiger charge is 2.26. The Labute approximate surface area is 220 Å². The van der Waals surface area contributed by atoms with Crippen molar-refractivity contribution >= 4 is 23.0 Å². The van der Waals surface area contributed by atoms with Gasteiger partial charge in [0.2, 0.25) is 5.90 Å². The van der Waals surface area contributed by atoms with Crippen LogP contribution >= 0.6 is 0 Å². The first-order valence-corrected chi connectivity index (χ1v) is 14.3. The second-order valence-corrected chi connectivity index (χ2v) is 10.9. The lowest BCUT2D eigenvalue weighted by atomic mass is 9.93. The summed E-state index contributed by atoms with van der Waals surface area (Å²) in [5.74, 6) is 2.76. The number of aromatic nitrogens is 2. The molecule has 1 aromatic heterocycles. The topological polar surface area (TPSA) is 48.6 Å². The number of rotatable bonds is 7. The van der Waals surface area contributed by atoms with E-state index in [0.717, 1.165) is 42.5 Å². The first-order chi connectivity index (χ1) is 18.3. The molecule has 1 atom stereocenters. The van der Waals surface area contributed by atoms with Gasteiger partial charge < -0.3 is 14.0 Å². The Morgan fingerprint density at radius 3 is 2.57 bits per heavy atom. The average Bonchev–Trinajstić information content (AvgIpc) is 3.58. The summed E-state index contributed by atoms with van der Waals surface area (Å²) in [6.07, 6.45) is 15.3. The number of hydrogen-bond acceptors (Lipinski definition) is 4. The van der Waals surface area contributed by atoms with Crippen molar-refractivity contribution in [1.29, 1.82) is 0 Å². The summed E-state index contributed by atoms with van der Waals surface area (Å²) in [6, 6.07) is 15.8. The van der Waals surface area contributed by atoms with E-state index in [2.05, 4.69) is 59.2 Å². The predicted octanol–water partition coefficient (Wildman–Crippen LogP) is 7.45. The number of aryl methyl sites for hydroxylation is 1. The molecular weight excluding hydrogens is 458 g/mol. The van der Waals surface area contributed by atoms with Gasteiger partial charge in [-0.25, -0.2) is 9.98 Å². The molecule has 1 aliphatic carbocycles. The number of benzene rings is 2. The number of aliphatic imine (C=N–C) groups is 1. The monoisotopic (exact) mass is 497 g/mol. The van der Waals surface area contributed by atoms with Gasteiger partial charge in [0.1, 0.15) is 11.9 Å². The van der Waals surface area contributed by atoms with Crippen molar-refractivity contribution in [3.63, 3.8) is 0 Å². The maximum absolute atomic E-state index is 6.35. The smallest absolute Gasteiger partial charge is 0.216 e. The van der Waals surface area contributed by atoms with Crippen LogP contribution in [0.15, 0.2) is 53.5 Å². The van der Waals surface area contributed by atoms with Gasteiger partial charge in [-0.1, -0.05) is 55.7 Å². The number of imidazole rings is 1.